The van der Waals surface area contributed by atoms with Crippen LogP contribution in [-0.4, -0.2) is 223 Å². The molecule has 6 aromatic carbocycles. The smallest absolute Gasteiger partial charge is 0.256 e. The number of rotatable bonds is 26. The number of carbonyl (C=O) groups is 5. The van der Waals surface area contributed by atoms with Crippen LogP contribution in [0, 0.1) is 11.6 Å². The highest BCUT2D eigenvalue weighted by atomic mass is 19.1. The number of aromatic nitrogens is 11. The highest BCUT2D eigenvalue weighted by Crippen LogP contribution is 2.35. The van der Waals surface area contributed by atoms with E-state index < -0.39 is 5.82 Å². The molecule has 0 spiro atoms. The molecule has 21 rings (SSSR count). The summed E-state index contributed by atoms with van der Waals surface area (Å²) < 4.78 is 41.3. The Labute approximate surface area is 815 Å². The summed E-state index contributed by atoms with van der Waals surface area (Å²) in [5.41, 5.74) is 20.3. The van der Waals surface area contributed by atoms with Crippen LogP contribution in [0.4, 0.5) is 54.3 Å². The van der Waals surface area contributed by atoms with Crippen LogP contribution in [0.15, 0.2) is 301 Å². The number of benzene rings is 6. The summed E-state index contributed by atoms with van der Waals surface area (Å²) in [5, 5.41) is 19.3. The first kappa shape index (κ1) is 95.5. The zero-order valence-electron chi connectivity index (χ0n) is 78.8. The zero-order valence-corrected chi connectivity index (χ0v) is 78.8. The van der Waals surface area contributed by atoms with Gasteiger partial charge in [0.15, 0.2) is 22.6 Å². The van der Waals surface area contributed by atoms with Crippen molar-refractivity contribution in [1.29, 1.82) is 0 Å². The van der Waals surface area contributed by atoms with Gasteiger partial charge in [0.25, 0.3) is 29.5 Å². The molecule has 4 aliphatic heterocycles. The number of anilines is 8. The molecule has 3 saturated heterocycles. The van der Waals surface area contributed by atoms with Crippen molar-refractivity contribution in [3.63, 3.8) is 0 Å². The van der Waals surface area contributed by atoms with Crippen LogP contribution >= 0.6 is 0 Å². The van der Waals surface area contributed by atoms with Crippen molar-refractivity contribution in [2.45, 2.75) is 52.7 Å². The number of nitrogens with zero attached hydrogens (tertiary/aromatic N) is 14. The largest absolute Gasteiger partial charge is 0.378 e. The number of fused-ring (bicyclic) bond motifs is 5. The summed E-state index contributed by atoms with van der Waals surface area (Å²) in [4.78, 5) is 137. The van der Waals surface area contributed by atoms with Gasteiger partial charge < -0.3 is 71.2 Å². The second kappa shape index (κ2) is 43.9. The van der Waals surface area contributed by atoms with Crippen molar-refractivity contribution in [3.05, 3.63) is 368 Å². The number of H-pyrrole nitrogens is 3. The quantitative estimate of drug-likeness (QED) is 0.0243. The zero-order chi connectivity index (χ0) is 98.3. The van der Waals surface area contributed by atoms with E-state index in [1.807, 2.05) is 224 Å². The second-order valence-electron chi connectivity index (χ2n) is 34.8. The molecule has 5 amide bonds. The molecule has 34 heteroatoms. The number of piperazine rings is 1. The van der Waals surface area contributed by atoms with Gasteiger partial charge in [-0.3, -0.25) is 65.8 Å². The second-order valence-corrected chi connectivity index (χ2v) is 34.8. The lowest BCUT2D eigenvalue weighted by molar-refractivity contribution is 0.0303. The van der Waals surface area contributed by atoms with Crippen molar-refractivity contribution in [1.82, 2.24) is 92.5 Å². The standard InChI is InChI=1S/C30H27FN6O2.C29H31FN6O2.C26H28N6O2.C23H21N5O3/c31-24-5-1-21(2-6-24)20-35-15-17-36(18-16-35)30(39)22-3-7-25(8-4-22)34-26-9-10-27(37-14-13-33-29(26)37)23-11-12-32-28(38)19-23;1-4-34(3)14-15-35(5-2)29(38)23-9-7-21(17-24(23)30)33-25-10-11-26(36-13-12-31-27(25)36)19-6-8-22-20(16-19)18-32-28(22)37;1-2-31-14-3-4-21(31)17-29-26(34)18-5-7-20(8-6-18)30-22-9-10-23(32-15-13-28-25(22)32)19-11-12-27-24(33)16-19;29-21-15-17(7-8-24-21)20-6-5-19(22-25-9-10-28(20)22)26-18-3-1-16(2-4-18)23(30)27-11-13-31-14-12-27/h1-14,19,34H,15-18,20H2,(H,32,38);6-13,16-17,33H,4-5,14-15,18H2,1-3H3,(H,32,37);5-13,15-16,21,30H,2-4,14,17H2,1H3,(H,27,33)(H,29,34);1-10,15,26H,11-14H2,(H,24,29). The molecule has 1 atom stereocenters. The number of ether oxygens (including phenoxy) is 1. The van der Waals surface area contributed by atoms with Gasteiger partial charge in [-0.25, -0.2) is 28.7 Å². The topological polar surface area (TPSA) is 354 Å². The minimum Gasteiger partial charge on any atom is -0.378 e. The Kier molecular flexibility index (Phi) is 29.5. The van der Waals surface area contributed by atoms with Gasteiger partial charge in [-0.05, 0) is 245 Å². The van der Waals surface area contributed by atoms with Gasteiger partial charge in [0.05, 0.1) is 64.3 Å². The average Bonchev–Trinajstić information content (AvgIpc) is 1.60. The number of likely N-dealkylation sites (tertiary alicyclic amines) is 1. The highest BCUT2D eigenvalue weighted by molar-refractivity contribution is 6.00. The van der Waals surface area contributed by atoms with Gasteiger partial charge in [-0.1, -0.05) is 32.0 Å². The third kappa shape index (κ3) is 22.1. The molecule has 4 aliphatic rings. The molecular formula is C108H107F2N23O9. The monoisotopic (exact) mass is 1910 g/mol. The number of hydrogen-bond donors (Lipinski definition) is 9. The molecule has 17 aromatic rings. The fourth-order valence-corrected chi connectivity index (χ4v) is 18.0. The molecule has 0 saturated carbocycles. The third-order valence-electron chi connectivity index (χ3n) is 25.9. The van der Waals surface area contributed by atoms with Crippen molar-refractivity contribution in [2.24, 2.45) is 0 Å². The molecule has 0 bridgehead atoms. The number of likely N-dealkylation sites (N-methyl/N-ethyl adjacent to an activating group) is 3. The van der Waals surface area contributed by atoms with Crippen molar-refractivity contribution in [3.8, 4) is 45.0 Å². The van der Waals surface area contributed by atoms with Crippen LogP contribution in [0.1, 0.15) is 96.5 Å². The van der Waals surface area contributed by atoms with Crippen LogP contribution in [0.5, 0.6) is 0 Å². The van der Waals surface area contributed by atoms with E-state index in [1.165, 1.54) is 30.7 Å². The van der Waals surface area contributed by atoms with Gasteiger partial charge in [0, 0.05) is 233 Å². The molecule has 9 N–H and O–H groups in total. The van der Waals surface area contributed by atoms with Crippen molar-refractivity contribution >= 4 is 97.6 Å². The summed E-state index contributed by atoms with van der Waals surface area (Å²) in [7, 11) is 1.99. The lowest BCUT2D eigenvalue weighted by atomic mass is 10.0. The number of morpholine rings is 1. The molecule has 32 nitrogen and oxygen atoms in total. The average molecular weight is 1910 g/mol. The van der Waals surface area contributed by atoms with Crippen LogP contribution in [0.25, 0.3) is 67.6 Å². The number of pyridine rings is 7. The molecular weight excluding hydrogens is 1800 g/mol. The number of halogens is 2. The lowest BCUT2D eigenvalue weighted by Crippen LogP contribution is -2.48. The van der Waals surface area contributed by atoms with E-state index in [1.54, 1.807) is 84.7 Å². The minimum absolute atomic E-state index is 0.0147. The number of amides is 5. The molecule has 15 heterocycles. The molecule has 3 fully saturated rings. The predicted octanol–water partition coefficient (Wildman–Crippen LogP) is 15.6. The number of aromatic amines is 3. The summed E-state index contributed by atoms with van der Waals surface area (Å²) in [5.74, 6) is -1.18. The molecule has 11 aromatic heterocycles. The molecule has 0 radical (unpaired) electrons. The highest BCUT2D eigenvalue weighted by Gasteiger charge is 2.28. The SMILES string of the molecule is CCN(C)CCN(CC)C(=O)c1ccc(Nc2ccc(-c3ccc4c(c3)CNC4=O)n3ccnc23)cc1F.CCN1CCCC1CNC(=O)c1ccc(Nc2ccc(-c3cc[nH]c(=O)c3)n3ccnc23)cc1.O=C(c1ccc(Nc2ccc(-c3cc[nH]c(=O)c3)n3ccnc23)cc1)N1CCN(Cc2ccc(F)cc2)CC1.O=C(c1ccc(Nc2ccc(-c3cc[nH]c(=O)c3)n3ccnc23)cc1)N1CCOCC1. The molecule has 722 valence electrons. The van der Waals surface area contributed by atoms with E-state index in [-0.39, 0.29) is 57.6 Å². The Morgan fingerprint density at radius 3 is 1.35 bits per heavy atom. The van der Waals surface area contributed by atoms with Gasteiger partial charge in [0.2, 0.25) is 16.7 Å². The van der Waals surface area contributed by atoms with Gasteiger partial charge in [0.1, 0.15) is 11.6 Å². The van der Waals surface area contributed by atoms with Gasteiger partial charge in [-0.2, -0.15) is 0 Å². The molecule has 0 aliphatic carbocycles. The van der Waals surface area contributed by atoms with E-state index in [0.29, 0.717) is 111 Å². The van der Waals surface area contributed by atoms with Crippen molar-refractivity contribution < 1.29 is 37.5 Å². The van der Waals surface area contributed by atoms with E-state index >= 15 is 4.39 Å². The maximum absolute atomic E-state index is 15.1. The molecule has 1 unspecified atom stereocenters. The first-order valence-corrected chi connectivity index (χ1v) is 47.4. The molecule has 142 heavy (non-hydrogen) atoms. The summed E-state index contributed by atoms with van der Waals surface area (Å²) in [6.45, 7) is 18.1. The predicted molar refractivity (Wildman–Crippen MR) is 546 cm³/mol. The van der Waals surface area contributed by atoms with Gasteiger partial charge in [-0.15, -0.1) is 0 Å². The van der Waals surface area contributed by atoms with E-state index in [2.05, 4.69) is 95.3 Å². The minimum atomic E-state index is -0.570. The Bertz CT molecular complexity index is 7610. The number of hydrogen-bond acceptors (Lipinski definition) is 20. The van der Waals surface area contributed by atoms with Crippen LogP contribution in [-0.2, 0) is 17.8 Å². The van der Waals surface area contributed by atoms with E-state index in [9.17, 15) is 42.7 Å². The van der Waals surface area contributed by atoms with Crippen LogP contribution in [0.2, 0.25) is 0 Å². The summed E-state index contributed by atoms with van der Waals surface area (Å²) in [6.07, 6.45) is 21.6. The number of carbonyl (C=O) groups excluding carboxylic acids is 5. The Morgan fingerprint density at radius 2 is 0.901 bits per heavy atom. The maximum atomic E-state index is 15.1. The van der Waals surface area contributed by atoms with E-state index in [4.69, 9.17) is 4.74 Å². The summed E-state index contributed by atoms with van der Waals surface area (Å²) >= 11 is 0. The Morgan fingerprint density at radius 1 is 0.458 bits per heavy atom. The Balaban J connectivity index is 0.000000125. The lowest BCUT2D eigenvalue weighted by Gasteiger charge is -2.34. The first-order valence-electron chi connectivity index (χ1n) is 47.4. The summed E-state index contributed by atoms with van der Waals surface area (Å²) in [6, 6.07) is 65.5. The first-order chi connectivity index (χ1) is 69.2. The van der Waals surface area contributed by atoms with Crippen LogP contribution in [0.3, 0.4) is 0 Å². The van der Waals surface area contributed by atoms with E-state index in [0.717, 1.165) is 159 Å². The van der Waals surface area contributed by atoms with Crippen LogP contribution < -0.4 is 48.6 Å². The number of imidazole rings is 4. The van der Waals surface area contributed by atoms with Gasteiger partial charge >= 0.3 is 0 Å². The maximum Gasteiger partial charge on any atom is 0.256 e. The Hall–Kier alpha value is -16.8. The van der Waals surface area contributed by atoms with Crippen molar-refractivity contribution in [2.75, 3.05) is 127 Å². The fourth-order valence-electron chi connectivity index (χ4n) is 18.0. The fraction of sp³-hybridized carbons (Fsp3) is 0.222. The third-order valence-corrected chi connectivity index (χ3v) is 25.9. The number of nitrogens with one attached hydrogen (secondary N) is 9. The normalized spacial score (nSPS) is 14.1.